The van der Waals surface area contributed by atoms with Gasteiger partial charge in [-0.2, -0.15) is 0 Å². The van der Waals surface area contributed by atoms with E-state index in [0.717, 1.165) is 8.95 Å². The van der Waals surface area contributed by atoms with Crippen LogP contribution in [-0.4, -0.2) is 0 Å². The van der Waals surface area contributed by atoms with E-state index in [9.17, 15) is 0 Å². The zero-order chi connectivity index (χ0) is 19.3. The minimum atomic E-state index is 1.07. The maximum Gasteiger partial charge on any atom is 0.0181 e. The number of hydrogen-bond acceptors (Lipinski definition) is 0. The predicted molar refractivity (Wildman–Crippen MR) is 127 cm³/mol. The number of hydrogen-bond donors (Lipinski definition) is 0. The third kappa shape index (κ3) is 4.35. The highest BCUT2D eigenvalue weighted by molar-refractivity contribution is 9.10. The number of rotatable bonds is 4. The Morgan fingerprint density at radius 3 is 1.89 bits per heavy atom. The van der Waals surface area contributed by atoms with Crippen LogP contribution in [0.5, 0.6) is 0 Å². The van der Waals surface area contributed by atoms with Crippen molar-refractivity contribution >= 4 is 43.5 Å². The van der Waals surface area contributed by atoms with E-state index in [-0.39, 0.29) is 0 Å². The molecule has 0 bridgehead atoms. The van der Waals surface area contributed by atoms with E-state index in [1.807, 2.05) is 6.07 Å². The van der Waals surface area contributed by atoms with Gasteiger partial charge >= 0.3 is 0 Å². The van der Waals surface area contributed by atoms with Crippen molar-refractivity contribution in [3.05, 3.63) is 129 Å². The highest BCUT2D eigenvalue weighted by Gasteiger charge is 2.13. The Kier molecular flexibility index (Phi) is 5.90. The summed E-state index contributed by atoms with van der Waals surface area (Å²) >= 11 is 7.21. The molecule has 0 amide bonds. The molecule has 0 aromatic heterocycles. The third-order valence-corrected chi connectivity index (χ3v) is 5.64. The molecular weight excluding hydrogens is 472 g/mol. The molecule has 4 rings (SSSR count). The standard InChI is InChI=1S/C26H18Br2/c27-22-13-11-21(12-14-22)24-16-15-23(28)18-26(24)25(20-9-5-2-6-10-20)17-19-7-3-1-4-8-19/h1-18H. The number of halogens is 2. The molecule has 0 unspecified atom stereocenters. The molecule has 0 radical (unpaired) electrons. The van der Waals surface area contributed by atoms with Crippen molar-refractivity contribution in [2.24, 2.45) is 0 Å². The smallest absolute Gasteiger partial charge is 0.0181 e. The first-order valence-electron chi connectivity index (χ1n) is 9.09. The van der Waals surface area contributed by atoms with Crippen LogP contribution in [0.25, 0.3) is 22.8 Å². The molecule has 0 aliphatic heterocycles. The molecule has 0 spiro atoms. The largest absolute Gasteiger partial charge is 0.0622 e. The Morgan fingerprint density at radius 1 is 0.607 bits per heavy atom. The Bertz CT molecular complexity index is 1100. The second-order valence-corrected chi connectivity index (χ2v) is 8.36. The van der Waals surface area contributed by atoms with E-state index < -0.39 is 0 Å². The van der Waals surface area contributed by atoms with Crippen LogP contribution in [0.4, 0.5) is 0 Å². The predicted octanol–water partition coefficient (Wildman–Crippen LogP) is 8.47. The minimum absolute atomic E-state index is 1.07. The van der Waals surface area contributed by atoms with Crippen LogP contribution in [0.2, 0.25) is 0 Å². The van der Waals surface area contributed by atoms with Crippen LogP contribution in [-0.2, 0) is 0 Å². The van der Waals surface area contributed by atoms with Gasteiger partial charge in [0, 0.05) is 8.95 Å². The van der Waals surface area contributed by atoms with E-state index in [1.54, 1.807) is 0 Å². The fourth-order valence-corrected chi connectivity index (χ4v) is 3.90. The van der Waals surface area contributed by atoms with Crippen molar-refractivity contribution in [1.29, 1.82) is 0 Å². The molecule has 136 valence electrons. The molecule has 0 nitrogen and oxygen atoms in total. The third-order valence-electron chi connectivity index (χ3n) is 4.62. The van der Waals surface area contributed by atoms with Gasteiger partial charge in [-0.25, -0.2) is 0 Å². The van der Waals surface area contributed by atoms with Crippen LogP contribution in [0.1, 0.15) is 16.7 Å². The van der Waals surface area contributed by atoms with Gasteiger partial charge in [-0.1, -0.05) is 111 Å². The lowest BCUT2D eigenvalue weighted by atomic mass is 9.89. The molecule has 2 heteroatoms. The van der Waals surface area contributed by atoms with E-state index in [0.29, 0.717) is 0 Å². The van der Waals surface area contributed by atoms with Crippen molar-refractivity contribution in [3.8, 4) is 11.1 Å². The van der Waals surface area contributed by atoms with E-state index in [2.05, 4.69) is 135 Å². The summed E-state index contributed by atoms with van der Waals surface area (Å²) < 4.78 is 2.15. The zero-order valence-corrected chi connectivity index (χ0v) is 18.3. The van der Waals surface area contributed by atoms with E-state index >= 15 is 0 Å². The van der Waals surface area contributed by atoms with Gasteiger partial charge in [0.05, 0.1) is 0 Å². The zero-order valence-electron chi connectivity index (χ0n) is 15.1. The highest BCUT2D eigenvalue weighted by Crippen LogP contribution is 2.36. The van der Waals surface area contributed by atoms with Crippen LogP contribution >= 0.6 is 31.9 Å². The summed E-state index contributed by atoms with van der Waals surface area (Å²) in [4.78, 5) is 0. The highest BCUT2D eigenvalue weighted by atomic mass is 79.9. The average molecular weight is 490 g/mol. The Balaban J connectivity index is 1.95. The normalized spacial score (nSPS) is 11.4. The molecule has 0 saturated heterocycles. The second kappa shape index (κ2) is 8.72. The molecule has 0 heterocycles. The SMILES string of the molecule is Brc1ccc(-c2ccc(Br)cc2C(=Cc2ccccc2)c2ccccc2)cc1. The summed E-state index contributed by atoms with van der Waals surface area (Å²) in [5.41, 5.74) is 7.19. The summed E-state index contributed by atoms with van der Waals surface area (Å²) in [6, 6.07) is 36.0. The molecule has 0 aliphatic rings. The summed E-state index contributed by atoms with van der Waals surface area (Å²) in [7, 11) is 0. The van der Waals surface area contributed by atoms with E-state index in [1.165, 1.54) is 33.4 Å². The molecule has 0 N–H and O–H groups in total. The summed E-state index contributed by atoms with van der Waals surface area (Å²) in [6.07, 6.45) is 2.26. The van der Waals surface area contributed by atoms with Crippen LogP contribution < -0.4 is 0 Å². The molecule has 0 atom stereocenters. The van der Waals surface area contributed by atoms with Crippen LogP contribution in [0.3, 0.4) is 0 Å². The summed E-state index contributed by atoms with van der Waals surface area (Å²) in [5.74, 6) is 0. The molecule has 0 fully saturated rings. The van der Waals surface area contributed by atoms with Gasteiger partial charge in [-0.05, 0) is 63.7 Å². The van der Waals surface area contributed by atoms with Crippen LogP contribution in [0, 0.1) is 0 Å². The molecular formula is C26H18Br2. The van der Waals surface area contributed by atoms with Gasteiger partial charge < -0.3 is 0 Å². The van der Waals surface area contributed by atoms with Gasteiger partial charge in [0.1, 0.15) is 0 Å². The number of benzene rings is 4. The van der Waals surface area contributed by atoms with Gasteiger partial charge in [0.15, 0.2) is 0 Å². The topological polar surface area (TPSA) is 0 Å². The maximum atomic E-state index is 3.67. The summed E-state index contributed by atoms with van der Waals surface area (Å²) in [6.45, 7) is 0. The van der Waals surface area contributed by atoms with Crippen molar-refractivity contribution < 1.29 is 0 Å². The van der Waals surface area contributed by atoms with Gasteiger partial charge in [-0.15, -0.1) is 0 Å². The molecule has 28 heavy (non-hydrogen) atoms. The fourth-order valence-electron chi connectivity index (χ4n) is 3.27. The lowest BCUT2D eigenvalue weighted by molar-refractivity contribution is 1.51. The molecule has 0 saturated carbocycles. The molecule has 4 aromatic rings. The van der Waals surface area contributed by atoms with Gasteiger partial charge in [-0.3, -0.25) is 0 Å². The monoisotopic (exact) mass is 488 g/mol. The first-order chi connectivity index (χ1) is 13.7. The van der Waals surface area contributed by atoms with Crippen molar-refractivity contribution in [2.75, 3.05) is 0 Å². The molecule has 0 aliphatic carbocycles. The molecule has 4 aromatic carbocycles. The Hall–Kier alpha value is -2.42. The van der Waals surface area contributed by atoms with Crippen molar-refractivity contribution in [3.63, 3.8) is 0 Å². The Labute approximate surface area is 182 Å². The van der Waals surface area contributed by atoms with Crippen molar-refractivity contribution in [1.82, 2.24) is 0 Å². The van der Waals surface area contributed by atoms with Gasteiger partial charge in [0.25, 0.3) is 0 Å². The lowest BCUT2D eigenvalue weighted by Crippen LogP contribution is -1.93. The van der Waals surface area contributed by atoms with Crippen molar-refractivity contribution in [2.45, 2.75) is 0 Å². The van der Waals surface area contributed by atoms with Crippen LogP contribution in [0.15, 0.2) is 112 Å². The lowest BCUT2D eigenvalue weighted by Gasteiger charge is -2.15. The first-order valence-corrected chi connectivity index (χ1v) is 10.7. The van der Waals surface area contributed by atoms with E-state index in [4.69, 9.17) is 0 Å². The second-order valence-electron chi connectivity index (χ2n) is 6.53. The Morgan fingerprint density at radius 2 is 1.21 bits per heavy atom. The van der Waals surface area contributed by atoms with Gasteiger partial charge in [0.2, 0.25) is 0 Å². The maximum absolute atomic E-state index is 3.67. The fraction of sp³-hybridized carbons (Fsp3) is 0. The summed E-state index contributed by atoms with van der Waals surface area (Å²) in [5, 5.41) is 0. The minimum Gasteiger partial charge on any atom is -0.0622 e. The quantitative estimate of drug-likeness (QED) is 0.252. The first kappa shape index (κ1) is 18.9. The average Bonchev–Trinajstić information content (AvgIpc) is 2.74.